The van der Waals surface area contributed by atoms with Gasteiger partial charge in [0.2, 0.25) is 0 Å². The van der Waals surface area contributed by atoms with Crippen LogP contribution in [0, 0.1) is 20.2 Å². The Kier molecular flexibility index (Phi) is 5.48. The van der Waals surface area contributed by atoms with E-state index in [9.17, 15) is 25.0 Å². The van der Waals surface area contributed by atoms with Crippen molar-refractivity contribution < 1.29 is 19.4 Å². The molecule has 8 nitrogen and oxygen atoms in total. The van der Waals surface area contributed by atoms with E-state index in [2.05, 4.69) is 0 Å². The van der Waals surface area contributed by atoms with E-state index in [1.165, 1.54) is 6.42 Å². The molecule has 0 atom stereocenters. The highest BCUT2D eigenvalue weighted by Crippen LogP contribution is 2.31. The van der Waals surface area contributed by atoms with E-state index in [1.807, 2.05) is 6.92 Å². The number of non-ortho nitro benzene ring substituents is 2. The fourth-order valence-electron chi connectivity index (χ4n) is 2.96. The first-order chi connectivity index (χ1) is 11.3. The third kappa shape index (κ3) is 4.50. The van der Waals surface area contributed by atoms with Crippen molar-refractivity contribution in [3.63, 3.8) is 0 Å². The molecule has 8 heteroatoms. The molecule has 1 aliphatic rings. The molecule has 0 bridgehead atoms. The third-order valence-electron chi connectivity index (χ3n) is 4.31. The minimum absolute atomic E-state index is 0.167. The SMILES string of the molecule is CC1(OC(=O)c2cc([N+](=O)[O-])cc([N+](=O)[O-])c2)CCCCCCC1. The fourth-order valence-corrected chi connectivity index (χ4v) is 2.96. The summed E-state index contributed by atoms with van der Waals surface area (Å²) in [6, 6.07) is 2.86. The molecule has 1 aromatic rings. The molecule has 0 N–H and O–H groups in total. The van der Waals surface area contributed by atoms with Gasteiger partial charge in [0.05, 0.1) is 21.5 Å². The summed E-state index contributed by atoms with van der Waals surface area (Å²) in [5.41, 5.74) is -1.81. The van der Waals surface area contributed by atoms with Crippen molar-refractivity contribution in [2.45, 2.75) is 57.5 Å². The molecular formula is C16H20N2O6. The average molecular weight is 336 g/mol. The Morgan fingerprint density at radius 2 is 1.42 bits per heavy atom. The van der Waals surface area contributed by atoms with Gasteiger partial charge in [-0.2, -0.15) is 0 Å². The minimum Gasteiger partial charge on any atom is -0.456 e. The van der Waals surface area contributed by atoms with Gasteiger partial charge in [-0.1, -0.05) is 19.3 Å². The normalized spacial score (nSPS) is 17.4. The summed E-state index contributed by atoms with van der Waals surface area (Å²) in [4.78, 5) is 32.7. The van der Waals surface area contributed by atoms with Crippen LogP contribution in [-0.4, -0.2) is 21.4 Å². The van der Waals surface area contributed by atoms with Crippen LogP contribution in [0.1, 0.15) is 62.2 Å². The van der Waals surface area contributed by atoms with Crippen molar-refractivity contribution in [1.29, 1.82) is 0 Å². The Hall–Kier alpha value is -2.51. The summed E-state index contributed by atoms with van der Waals surface area (Å²) in [7, 11) is 0. The first-order valence-electron chi connectivity index (χ1n) is 7.98. The van der Waals surface area contributed by atoms with Crippen LogP contribution < -0.4 is 0 Å². The zero-order valence-corrected chi connectivity index (χ0v) is 13.5. The van der Waals surface area contributed by atoms with Gasteiger partial charge in [0.25, 0.3) is 11.4 Å². The number of nitrogens with zero attached hydrogens (tertiary/aromatic N) is 2. The number of nitro benzene ring substituents is 2. The van der Waals surface area contributed by atoms with E-state index in [1.54, 1.807) is 0 Å². The maximum absolute atomic E-state index is 12.4. The van der Waals surface area contributed by atoms with Gasteiger partial charge >= 0.3 is 5.97 Å². The smallest absolute Gasteiger partial charge is 0.339 e. The minimum atomic E-state index is -0.763. The Labute approximate surface area is 139 Å². The predicted molar refractivity (Wildman–Crippen MR) is 85.9 cm³/mol. The second-order valence-corrected chi connectivity index (χ2v) is 6.36. The third-order valence-corrected chi connectivity index (χ3v) is 4.31. The Morgan fingerprint density at radius 3 is 1.88 bits per heavy atom. The maximum atomic E-state index is 12.4. The molecule has 0 heterocycles. The Morgan fingerprint density at radius 1 is 0.958 bits per heavy atom. The van der Waals surface area contributed by atoms with Crippen LogP contribution >= 0.6 is 0 Å². The number of esters is 1. The molecule has 0 unspecified atom stereocenters. The van der Waals surface area contributed by atoms with Crippen molar-refractivity contribution in [2.24, 2.45) is 0 Å². The van der Waals surface area contributed by atoms with Gasteiger partial charge in [-0.3, -0.25) is 20.2 Å². The molecule has 0 spiro atoms. The van der Waals surface area contributed by atoms with Crippen molar-refractivity contribution in [1.82, 2.24) is 0 Å². The second-order valence-electron chi connectivity index (χ2n) is 6.36. The number of carbonyl (C=O) groups is 1. The van der Waals surface area contributed by atoms with E-state index in [0.717, 1.165) is 56.7 Å². The lowest BCUT2D eigenvalue weighted by Gasteiger charge is -2.31. The van der Waals surface area contributed by atoms with Crippen molar-refractivity contribution in [3.8, 4) is 0 Å². The largest absolute Gasteiger partial charge is 0.456 e. The Balaban J connectivity index is 2.24. The van der Waals surface area contributed by atoms with Gasteiger partial charge in [0, 0.05) is 12.1 Å². The number of ether oxygens (including phenoxy) is 1. The van der Waals surface area contributed by atoms with E-state index >= 15 is 0 Å². The van der Waals surface area contributed by atoms with Crippen LogP contribution in [0.4, 0.5) is 11.4 Å². The Bertz CT molecular complexity index is 618. The summed E-state index contributed by atoms with van der Waals surface area (Å²) in [5.74, 6) is -0.759. The molecule has 24 heavy (non-hydrogen) atoms. The van der Waals surface area contributed by atoms with E-state index in [-0.39, 0.29) is 5.56 Å². The zero-order valence-electron chi connectivity index (χ0n) is 13.5. The zero-order chi connectivity index (χ0) is 17.7. The van der Waals surface area contributed by atoms with Crippen LogP contribution in [0.15, 0.2) is 18.2 Å². The first kappa shape index (κ1) is 17.8. The van der Waals surface area contributed by atoms with E-state index in [0.29, 0.717) is 0 Å². The van der Waals surface area contributed by atoms with Crippen molar-refractivity contribution in [3.05, 3.63) is 44.0 Å². The molecule has 1 aromatic carbocycles. The molecule has 0 aromatic heterocycles. The van der Waals surface area contributed by atoms with Crippen LogP contribution in [0.2, 0.25) is 0 Å². The highest BCUT2D eigenvalue weighted by atomic mass is 16.6. The van der Waals surface area contributed by atoms with Crippen LogP contribution in [0.3, 0.4) is 0 Å². The van der Waals surface area contributed by atoms with Crippen LogP contribution in [0.25, 0.3) is 0 Å². The van der Waals surface area contributed by atoms with Gasteiger partial charge in [0.15, 0.2) is 0 Å². The lowest BCUT2D eigenvalue weighted by molar-refractivity contribution is -0.394. The summed E-state index contributed by atoms with van der Waals surface area (Å²) >= 11 is 0. The molecule has 0 saturated heterocycles. The molecule has 1 fully saturated rings. The van der Waals surface area contributed by atoms with E-state index in [4.69, 9.17) is 4.74 Å². The maximum Gasteiger partial charge on any atom is 0.339 e. The standard InChI is InChI=1S/C16H20N2O6/c1-16(7-5-3-2-4-6-8-16)24-15(19)12-9-13(17(20)21)11-14(10-12)18(22)23/h9-11H,2-8H2,1H3. The summed E-state index contributed by atoms with van der Waals surface area (Å²) in [5, 5.41) is 21.8. The summed E-state index contributed by atoms with van der Waals surface area (Å²) in [6.07, 6.45) is 6.65. The quantitative estimate of drug-likeness (QED) is 0.463. The van der Waals surface area contributed by atoms with Gasteiger partial charge < -0.3 is 4.74 Å². The molecule has 0 aliphatic heterocycles. The fraction of sp³-hybridized carbons (Fsp3) is 0.562. The number of rotatable bonds is 4. The molecule has 2 rings (SSSR count). The highest BCUT2D eigenvalue weighted by Gasteiger charge is 2.31. The van der Waals surface area contributed by atoms with E-state index < -0.39 is 32.8 Å². The monoisotopic (exact) mass is 336 g/mol. The van der Waals surface area contributed by atoms with Gasteiger partial charge in [0.1, 0.15) is 5.60 Å². The molecule has 130 valence electrons. The number of benzene rings is 1. The summed E-state index contributed by atoms with van der Waals surface area (Å²) < 4.78 is 5.59. The first-order valence-corrected chi connectivity index (χ1v) is 7.98. The van der Waals surface area contributed by atoms with Gasteiger partial charge in [-0.15, -0.1) is 0 Å². The number of hydrogen-bond donors (Lipinski definition) is 0. The molecule has 0 radical (unpaired) electrons. The van der Waals surface area contributed by atoms with Gasteiger partial charge in [-0.05, 0) is 32.6 Å². The lowest BCUT2D eigenvalue weighted by atomic mass is 9.88. The van der Waals surface area contributed by atoms with Crippen molar-refractivity contribution in [2.75, 3.05) is 0 Å². The second kappa shape index (κ2) is 7.37. The van der Waals surface area contributed by atoms with Crippen LogP contribution in [0.5, 0.6) is 0 Å². The topological polar surface area (TPSA) is 113 Å². The number of nitro groups is 2. The van der Waals surface area contributed by atoms with Gasteiger partial charge in [-0.25, -0.2) is 4.79 Å². The summed E-state index contributed by atoms with van der Waals surface area (Å²) in [6.45, 7) is 1.85. The van der Waals surface area contributed by atoms with Crippen LogP contribution in [-0.2, 0) is 4.74 Å². The average Bonchev–Trinajstić information content (AvgIpc) is 2.51. The lowest BCUT2D eigenvalue weighted by Crippen LogP contribution is -2.32. The highest BCUT2D eigenvalue weighted by molar-refractivity contribution is 5.91. The molecule has 0 amide bonds. The van der Waals surface area contributed by atoms with Crippen molar-refractivity contribution >= 4 is 17.3 Å². The molecule has 1 saturated carbocycles. The number of carbonyl (C=O) groups excluding carboxylic acids is 1. The molecule has 1 aliphatic carbocycles. The molecular weight excluding hydrogens is 316 g/mol. The predicted octanol–water partition coefficient (Wildman–Crippen LogP) is 4.16. The number of hydrogen-bond acceptors (Lipinski definition) is 6.